The van der Waals surface area contributed by atoms with Crippen molar-refractivity contribution in [2.24, 2.45) is 0 Å². The molecule has 0 aliphatic rings. The zero-order valence-electron chi connectivity index (χ0n) is 19.3. The molecule has 0 aliphatic heterocycles. The average molecular weight is 541 g/mol. The van der Waals surface area contributed by atoms with Crippen LogP contribution < -0.4 is 10.1 Å². The van der Waals surface area contributed by atoms with E-state index in [0.717, 1.165) is 56.2 Å². The van der Waals surface area contributed by atoms with E-state index in [1.165, 1.54) is 0 Å². The number of halogens is 2. The van der Waals surface area contributed by atoms with Crippen LogP contribution in [0.3, 0.4) is 0 Å². The fourth-order valence-corrected chi connectivity index (χ4v) is 4.33. The van der Waals surface area contributed by atoms with E-state index in [1.54, 1.807) is 12.1 Å². The van der Waals surface area contributed by atoms with Crippen molar-refractivity contribution in [2.75, 3.05) is 13.2 Å². The molecule has 0 aliphatic carbocycles. The number of carbonyl (C=O) groups is 1. The van der Waals surface area contributed by atoms with E-state index in [-0.39, 0.29) is 5.91 Å². The predicted molar refractivity (Wildman–Crippen MR) is 141 cm³/mol. The number of rotatable bonds is 9. The van der Waals surface area contributed by atoms with E-state index in [2.05, 4.69) is 31.9 Å². The molecule has 1 amide bonds. The Hall–Kier alpha value is -2.83. The fourth-order valence-electron chi connectivity index (χ4n) is 3.96. The minimum Gasteiger partial charge on any atom is -0.494 e. The van der Waals surface area contributed by atoms with Crippen LogP contribution in [0.15, 0.2) is 65.1 Å². The van der Waals surface area contributed by atoms with Gasteiger partial charge < -0.3 is 14.6 Å². The van der Waals surface area contributed by atoms with Crippen molar-refractivity contribution in [2.45, 2.75) is 33.2 Å². The smallest absolute Gasteiger partial charge is 0.251 e. The summed E-state index contributed by atoms with van der Waals surface area (Å²) in [5.74, 6) is 1.71. The molecule has 0 saturated heterocycles. The lowest BCUT2D eigenvalue weighted by Crippen LogP contribution is -2.26. The van der Waals surface area contributed by atoms with Crippen LogP contribution in [0.4, 0.5) is 0 Å². The first-order valence-electron chi connectivity index (χ1n) is 11.3. The van der Waals surface area contributed by atoms with Crippen molar-refractivity contribution in [3.05, 3.63) is 92.7 Å². The summed E-state index contributed by atoms with van der Waals surface area (Å²) in [4.78, 5) is 17.3. The van der Waals surface area contributed by atoms with E-state index >= 15 is 0 Å². The Morgan fingerprint density at radius 3 is 2.53 bits per heavy atom. The van der Waals surface area contributed by atoms with Crippen molar-refractivity contribution in [1.29, 1.82) is 0 Å². The van der Waals surface area contributed by atoms with Gasteiger partial charge in [-0.15, -0.1) is 0 Å². The molecule has 0 spiro atoms. The topological polar surface area (TPSA) is 56.1 Å². The van der Waals surface area contributed by atoms with Crippen LogP contribution in [0.1, 0.15) is 33.7 Å². The van der Waals surface area contributed by atoms with E-state index in [1.807, 2.05) is 56.3 Å². The summed E-state index contributed by atoms with van der Waals surface area (Å²) in [6, 6.07) is 19.4. The molecule has 1 N–H and O–H groups in total. The number of nitrogens with zero attached hydrogens (tertiary/aromatic N) is 2. The molecule has 176 valence electrons. The number of amides is 1. The van der Waals surface area contributed by atoms with Gasteiger partial charge in [0.1, 0.15) is 11.6 Å². The normalized spacial score (nSPS) is 11.1. The molecule has 5 nitrogen and oxygen atoms in total. The highest BCUT2D eigenvalue weighted by Gasteiger charge is 2.12. The highest BCUT2D eigenvalue weighted by Crippen LogP contribution is 2.26. The van der Waals surface area contributed by atoms with Crippen LogP contribution in [-0.2, 0) is 13.0 Å². The molecule has 0 bridgehead atoms. The number of hydrogen-bond acceptors (Lipinski definition) is 3. The Morgan fingerprint density at radius 1 is 1.09 bits per heavy atom. The molecule has 1 heterocycles. The minimum absolute atomic E-state index is 0.0860. The number of carbonyl (C=O) groups excluding carboxylic acids is 1. The van der Waals surface area contributed by atoms with Crippen LogP contribution in [0.5, 0.6) is 5.75 Å². The summed E-state index contributed by atoms with van der Waals surface area (Å²) in [6.07, 6.45) is 1.48. The van der Waals surface area contributed by atoms with E-state index in [0.29, 0.717) is 25.1 Å². The average Bonchev–Trinajstić information content (AvgIpc) is 3.18. The zero-order valence-corrected chi connectivity index (χ0v) is 21.6. The quantitative estimate of drug-likeness (QED) is 0.246. The third-order valence-corrected chi connectivity index (χ3v) is 6.80. The molecule has 34 heavy (non-hydrogen) atoms. The number of hydrogen-bond donors (Lipinski definition) is 1. The zero-order chi connectivity index (χ0) is 24.1. The van der Waals surface area contributed by atoms with Crippen LogP contribution in [-0.4, -0.2) is 28.6 Å². The molecule has 0 radical (unpaired) electrons. The summed E-state index contributed by atoms with van der Waals surface area (Å²) >= 11 is 9.65. The predicted octanol–water partition coefficient (Wildman–Crippen LogP) is 6.51. The Bertz CT molecular complexity index is 1280. The molecule has 3 aromatic carbocycles. The molecule has 0 fully saturated rings. The molecule has 7 heteroatoms. The Balaban J connectivity index is 1.38. The number of aryl methyl sites for hydroxylation is 3. The maximum atomic E-state index is 12.4. The first kappa shape index (κ1) is 24.3. The van der Waals surface area contributed by atoms with Gasteiger partial charge in [-0.1, -0.05) is 39.7 Å². The first-order valence-corrected chi connectivity index (χ1v) is 12.5. The standard InChI is InChI=1S/C27H27BrClN3O2/c1-18-16-22(17-19(2)26(18)29)34-15-5-14-32-24-7-4-3-6-23(24)31-25(32)12-13-30-27(33)20-8-10-21(28)11-9-20/h3-4,6-11,16-17H,5,12-15H2,1-2H3,(H,30,33). The molecule has 1 aromatic heterocycles. The Morgan fingerprint density at radius 2 is 1.79 bits per heavy atom. The maximum Gasteiger partial charge on any atom is 0.251 e. The van der Waals surface area contributed by atoms with Gasteiger partial charge in [0.05, 0.1) is 17.6 Å². The summed E-state index contributed by atoms with van der Waals surface area (Å²) in [7, 11) is 0. The van der Waals surface area contributed by atoms with Crippen LogP contribution in [0, 0.1) is 13.8 Å². The molecular formula is C27H27BrClN3O2. The molecule has 0 atom stereocenters. The lowest BCUT2D eigenvalue weighted by molar-refractivity contribution is 0.0954. The summed E-state index contributed by atoms with van der Waals surface area (Å²) in [5.41, 5.74) is 4.73. The number of para-hydroxylation sites is 2. The van der Waals surface area contributed by atoms with Gasteiger partial charge in [0.15, 0.2) is 0 Å². The monoisotopic (exact) mass is 539 g/mol. The van der Waals surface area contributed by atoms with Gasteiger partial charge >= 0.3 is 0 Å². The Labute approximate surface area is 213 Å². The summed E-state index contributed by atoms with van der Waals surface area (Å²) in [6.45, 7) is 5.86. The second-order valence-corrected chi connectivity index (χ2v) is 9.55. The number of fused-ring (bicyclic) bond motifs is 1. The SMILES string of the molecule is Cc1cc(OCCCn2c(CCNC(=O)c3ccc(Br)cc3)nc3ccccc32)cc(C)c1Cl. The van der Waals surface area contributed by atoms with Gasteiger partial charge in [-0.05, 0) is 79.9 Å². The molecule has 4 aromatic rings. The number of imidazole rings is 1. The molecule has 0 saturated carbocycles. The van der Waals surface area contributed by atoms with Gasteiger partial charge in [0.25, 0.3) is 5.91 Å². The fraction of sp³-hybridized carbons (Fsp3) is 0.259. The number of aromatic nitrogens is 2. The maximum absolute atomic E-state index is 12.4. The van der Waals surface area contributed by atoms with Gasteiger partial charge in [-0.25, -0.2) is 4.98 Å². The van der Waals surface area contributed by atoms with E-state index < -0.39 is 0 Å². The van der Waals surface area contributed by atoms with Crippen LogP contribution in [0.2, 0.25) is 5.02 Å². The summed E-state index contributed by atoms with van der Waals surface area (Å²) in [5, 5.41) is 3.79. The highest BCUT2D eigenvalue weighted by atomic mass is 79.9. The molecule has 4 rings (SSSR count). The second-order valence-electron chi connectivity index (χ2n) is 8.25. The molecular weight excluding hydrogens is 514 g/mol. The van der Waals surface area contributed by atoms with Gasteiger partial charge in [0, 0.05) is 34.6 Å². The van der Waals surface area contributed by atoms with Gasteiger partial charge in [-0.3, -0.25) is 4.79 Å². The van der Waals surface area contributed by atoms with Crippen molar-refractivity contribution in [1.82, 2.24) is 14.9 Å². The lowest BCUT2D eigenvalue weighted by Gasteiger charge is -2.12. The van der Waals surface area contributed by atoms with Crippen LogP contribution in [0.25, 0.3) is 11.0 Å². The van der Waals surface area contributed by atoms with Gasteiger partial charge in [-0.2, -0.15) is 0 Å². The lowest BCUT2D eigenvalue weighted by atomic mass is 10.1. The number of nitrogens with one attached hydrogen (secondary N) is 1. The van der Waals surface area contributed by atoms with Crippen molar-refractivity contribution >= 4 is 44.5 Å². The van der Waals surface area contributed by atoms with Crippen molar-refractivity contribution in [3.63, 3.8) is 0 Å². The highest BCUT2D eigenvalue weighted by molar-refractivity contribution is 9.10. The van der Waals surface area contributed by atoms with Crippen molar-refractivity contribution in [3.8, 4) is 5.75 Å². The number of ether oxygens (including phenoxy) is 1. The van der Waals surface area contributed by atoms with Crippen molar-refractivity contribution < 1.29 is 9.53 Å². The third-order valence-electron chi connectivity index (χ3n) is 5.68. The third kappa shape index (κ3) is 5.80. The summed E-state index contributed by atoms with van der Waals surface area (Å²) < 4.78 is 9.16. The second kappa shape index (κ2) is 11.1. The minimum atomic E-state index is -0.0860. The van der Waals surface area contributed by atoms with Crippen LogP contribution >= 0.6 is 27.5 Å². The largest absolute Gasteiger partial charge is 0.494 e. The van der Waals surface area contributed by atoms with E-state index in [4.69, 9.17) is 21.3 Å². The van der Waals surface area contributed by atoms with Gasteiger partial charge in [0.2, 0.25) is 0 Å². The first-order chi connectivity index (χ1) is 16.4. The molecule has 0 unspecified atom stereocenters. The Kier molecular flexibility index (Phi) is 7.91. The van der Waals surface area contributed by atoms with E-state index in [9.17, 15) is 4.79 Å². The number of benzene rings is 3.